The molecule has 0 atom stereocenters. The number of carboxylic acid groups (broad SMARTS) is 1. The molecule has 0 saturated heterocycles. The van der Waals surface area contributed by atoms with Crippen LogP contribution in [0.2, 0.25) is 0 Å². The van der Waals surface area contributed by atoms with Crippen molar-refractivity contribution in [1.82, 2.24) is 0 Å². The van der Waals surface area contributed by atoms with Crippen molar-refractivity contribution in [2.24, 2.45) is 0 Å². The molecule has 0 spiro atoms. The van der Waals surface area contributed by atoms with Gasteiger partial charge < -0.3 is 10.2 Å². The molecule has 0 heterocycles. The topological polar surface area (TPSA) is 57.5 Å². The molecule has 1 fully saturated rings. The van der Waals surface area contributed by atoms with Crippen molar-refractivity contribution in [2.75, 3.05) is 0 Å². The van der Waals surface area contributed by atoms with E-state index >= 15 is 0 Å². The number of phenols is 1. The lowest BCUT2D eigenvalue weighted by molar-refractivity contribution is -0.142. The molecule has 98 valence electrons. The summed E-state index contributed by atoms with van der Waals surface area (Å²) in [5.41, 5.74) is -2.86. The van der Waals surface area contributed by atoms with Gasteiger partial charge in [-0.15, -0.1) is 0 Å². The first kappa shape index (κ1) is 13.2. The molecule has 1 saturated carbocycles. The summed E-state index contributed by atoms with van der Waals surface area (Å²) in [6.07, 6.45) is -4.36. The lowest BCUT2D eigenvalue weighted by Crippen LogP contribution is -2.24. The Kier molecular flexibility index (Phi) is 2.84. The molecule has 1 aromatic rings. The van der Waals surface area contributed by atoms with Crippen LogP contribution in [0.5, 0.6) is 5.75 Å². The van der Waals surface area contributed by atoms with Crippen LogP contribution < -0.4 is 0 Å². The molecule has 0 aliphatic heterocycles. The Labute approximate surface area is 108 Å². The van der Waals surface area contributed by atoms with E-state index in [0.29, 0.717) is 6.07 Å². The second kappa shape index (κ2) is 3.88. The van der Waals surface area contributed by atoms with Gasteiger partial charge >= 0.3 is 12.1 Å². The summed E-state index contributed by atoms with van der Waals surface area (Å²) in [5, 5.41) is 18.4. The second-order valence-corrected chi connectivity index (χ2v) is 5.09. The number of hydrogen-bond acceptors (Lipinski definition) is 2. The van der Waals surface area contributed by atoms with Crippen LogP contribution in [0.15, 0.2) is 16.6 Å². The van der Waals surface area contributed by atoms with Gasteiger partial charge in [0, 0.05) is 0 Å². The quantitative estimate of drug-likeness (QED) is 0.877. The van der Waals surface area contributed by atoms with Gasteiger partial charge in [0.2, 0.25) is 0 Å². The fourth-order valence-electron chi connectivity index (χ4n) is 1.92. The maximum absolute atomic E-state index is 12.9. The van der Waals surface area contributed by atoms with E-state index in [1.807, 2.05) is 0 Å². The monoisotopic (exact) mass is 324 g/mol. The number of halogens is 4. The van der Waals surface area contributed by atoms with Crippen LogP contribution in [0.1, 0.15) is 24.0 Å². The predicted octanol–water partition coefficient (Wildman–Crippen LogP) is 3.29. The summed E-state index contributed by atoms with van der Waals surface area (Å²) >= 11 is 2.91. The first-order chi connectivity index (χ1) is 8.18. The van der Waals surface area contributed by atoms with E-state index in [-0.39, 0.29) is 22.9 Å². The number of benzene rings is 1. The van der Waals surface area contributed by atoms with Crippen molar-refractivity contribution in [3.63, 3.8) is 0 Å². The third-order valence-corrected chi connectivity index (χ3v) is 3.70. The van der Waals surface area contributed by atoms with Crippen LogP contribution in [0.4, 0.5) is 13.2 Å². The highest BCUT2D eigenvalue weighted by atomic mass is 79.9. The fraction of sp³-hybridized carbons (Fsp3) is 0.364. The molecule has 3 nitrogen and oxygen atoms in total. The summed E-state index contributed by atoms with van der Waals surface area (Å²) < 4.78 is 38.6. The Morgan fingerprint density at radius 2 is 1.89 bits per heavy atom. The van der Waals surface area contributed by atoms with Gasteiger partial charge in [0.15, 0.2) is 0 Å². The van der Waals surface area contributed by atoms with Crippen molar-refractivity contribution in [1.29, 1.82) is 0 Å². The van der Waals surface area contributed by atoms with E-state index in [4.69, 9.17) is 5.11 Å². The summed E-state index contributed by atoms with van der Waals surface area (Å²) in [4.78, 5) is 11.1. The molecule has 1 aromatic carbocycles. The molecular weight excluding hydrogens is 317 g/mol. The average molecular weight is 325 g/mol. The molecule has 2 N–H and O–H groups in total. The van der Waals surface area contributed by atoms with Gasteiger partial charge in [0.05, 0.1) is 15.5 Å². The minimum Gasteiger partial charge on any atom is -0.507 e. The van der Waals surface area contributed by atoms with E-state index in [9.17, 15) is 23.1 Å². The maximum Gasteiger partial charge on any atom is 0.416 e. The second-order valence-electron chi connectivity index (χ2n) is 4.23. The van der Waals surface area contributed by atoms with Gasteiger partial charge in [-0.3, -0.25) is 4.79 Å². The minimum absolute atomic E-state index is 0.0537. The Hall–Kier alpha value is -1.24. The number of rotatable bonds is 2. The van der Waals surface area contributed by atoms with Gasteiger partial charge in [0.1, 0.15) is 5.75 Å². The fourth-order valence-corrected chi connectivity index (χ4v) is 2.26. The molecule has 0 bridgehead atoms. The van der Waals surface area contributed by atoms with Gasteiger partial charge in [-0.05, 0) is 46.5 Å². The van der Waals surface area contributed by atoms with Crippen LogP contribution in [-0.2, 0) is 16.4 Å². The molecule has 7 heteroatoms. The molecule has 18 heavy (non-hydrogen) atoms. The van der Waals surface area contributed by atoms with Gasteiger partial charge in [-0.1, -0.05) is 0 Å². The van der Waals surface area contributed by atoms with E-state index in [1.54, 1.807) is 0 Å². The normalized spacial score (nSPS) is 17.6. The highest BCUT2D eigenvalue weighted by Crippen LogP contribution is 2.53. The largest absolute Gasteiger partial charge is 0.507 e. The Morgan fingerprint density at radius 3 is 2.28 bits per heavy atom. The van der Waals surface area contributed by atoms with Crippen LogP contribution in [-0.4, -0.2) is 16.2 Å². The van der Waals surface area contributed by atoms with E-state index in [1.165, 1.54) is 0 Å². The van der Waals surface area contributed by atoms with Gasteiger partial charge in [-0.25, -0.2) is 0 Å². The smallest absolute Gasteiger partial charge is 0.416 e. The van der Waals surface area contributed by atoms with Gasteiger partial charge in [-0.2, -0.15) is 13.2 Å². The van der Waals surface area contributed by atoms with Crippen molar-refractivity contribution in [3.05, 3.63) is 27.7 Å². The molecular formula is C11H8BrF3O3. The van der Waals surface area contributed by atoms with Crippen molar-refractivity contribution >= 4 is 21.9 Å². The minimum atomic E-state index is -4.70. The summed E-state index contributed by atoms with van der Waals surface area (Å²) in [6.45, 7) is 0. The molecule has 1 aliphatic carbocycles. The first-order valence-electron chi connectivity index (χ1n) is 5.02. The van der Waals surface area contributed by atoms with Crippen molar-refractivity contribution in [2.45, 2.75) is 24.4 Å². The zero-order chi connectivity index (χ0) is 13.7. The average Bonchev–Trinajstić information content (AvgIpc) is 3.00. The van der Waals surface area contributed by atoms with Crippen molar-refractivity contribution < 1.29 is 28.2 Å². The predicted molar refractivity (Wildman–Crippen MR) is 59.4 cm³/mol. The standard InChI is InChI=1S/C11H8BrF3O3/c12-7-3-5(10(1-2-10)9(17)18)6(4-8(7)16)11(13,14)15/h3-4,16H,1-2H2,(H,17,18). The summed E-state index contributed by atoms with van der Waals surface area (Å²) in [5.74, 6) is -1.84. The van der Waals surface area contributed by atoms with Crippen LogP contribution in [0.3, 0.4) is 0 Å². The Morgan fingerprint density at radius 1 is 1.33 bits per heavy atom. The molecule has 2 rings (SSSR count). The number of carbonyl (C=O) groups is 1. The SMILES string of the molecule is O=C(O)C1(c2cc(Br)c(O)cc2C(F)(F)F)CC1. The number of aliphatic carboxylic acids is 1. The van der Waals surface area contributed by atoms with Gasteiger partial charge in [0.25, 0.3) is 0 Å². The van der Waals surface area contributed by atoms with Crippen LogP contribution in [0.25, 0.3) is 0 Å². The Bertz CT molecular complexity index is 521. The van der Waals surface area contributed by atoms with Crippen LogP contribution >= 0.6 is 15.9 Å². The van der Waals surface area contributed by atoms with Crippen LogP contribution in [0, 0.1) is 0 Å². The number of aromatic hydroxyl groups is 1. The molecule has 1 aliphatic rings. The molecule has 0 unspecified atom stereocenters. The number of alkyl halides is 3. The lowest BCUT2D eigenvalue weighted by Gasteiger charge is -2.18. The third kappa shape index (κ3) is 1.96. The Balaban J connectivity index is 2.66. The number of hydrogen-bond donors (Lipinski definition) is 2. The summed E-state index contributed by atoms with van der Waals surface area (Å²) in [6, 6.07) is 1.60. The lowest BCUT2D eigenvalue weighted by atomic mass is 9.91. The number of carboxylic acids is 1. The number of phenolic OH excluding ortho intramolecular Hbond substituents is 1. The first-order valence-corrected chi connectivity index (χ1v) is 5.81. The molecule has 0 amide bonds. The highest BCUT2D eigenvalue weighted by Gasteiger charge is 2.55. The highest BCUT2D eigenvalue weighted by molar-refractivity contribution is 9.10. The van der Waals surface area contributed by atoms with E-state index in [0.717, 1.165) is 6.07 Å². The van der Waals surface area contributed by atoms with Crippen molar-refractivity contribution in [3.8, 4) is 5.75 Å². The zero-order valence-electron chi connectivity index (χ0n) is 8.88. The maximum atomic E-state index is 12.9. The van der Waals surface area contributed by atoms with E-state index < -0.39 is 28.9 Å². The molecule has 0 aromatic heterocycles. The van der Waals surface area contributed by atoms with E-state index in [2.05, 4.69) is 15.9 Å². The zero-order valence-corrected chi connectivity index (χ0v) is 10.5. The molecule has 0 radical (unpaired) electrons. The third-order valence-electron chi connectivity index (χ3n) is 3.07. The summed E-state index contributed by atoms with van der Waals surface area (Å²) in [7, 11) is 0.